The smallest absolute Gasteiger partial charge is 0.331 e. The van der Waals surface area contributed by atoms with Crippen molar-refractivity contribution in [1.82, 2.24) is 4.90 Å². The van der Waals surface area contributed by atoms with E-state index in [2.05, 4.69) is 0 Å². The van der Waals surface area contributed by atoms with Crippen LogP contribution in [0.1, 0.15) is 28.8 Å². The van der Waals surface area contributed by atoms with Gasteiger partial charge in [0, 0.05) is 10.6 Å². The zero-order valence-electron chi connectivity index (χ0n) is 13.9. The summed E-state index contributed by atoms with van der Waals surface area (Å²) in [5, 5.41) is 0.556. The maximum Gasteiger partial charge on any atom is 0.331 e. The zero-order chi connectivity index (χ0) is 17.6. The van der Waals surface area contributed by atoms with Crippen LogP contribution in [0.25, 0.3) is 0 Å². The zero-order valence-corrected chi connectivity index (χ0v) is 14.6. The molecule has 1 heterocycles. The lowest BCUT2D eigenvalue weighted by Crippen LogP contribution is -2.46. The monoisotopic (exact) mass is 357 g/mol. The molecule has 1 unspecified atom stereocenters. The molecule has 0 N–H and O–H groups in total. The van der Waals surface area contributed by atoms with Gasteiger partial charge in [0.2, 0.25) is 0 Å². The van der Waals surface area contributed by atoms with Crippen molar-refractivity contribution in [2.75, 3.05) is 13.1 Å². The van der Waals surface area contributed by atoms with Crippen LogP contribution < -0.4 is 0 Å². The second-order valence-corrected chi connectivity index (χ2v) is 6.55. The third-order valence-corrected chi connectivity index (χ3v) is 4.58. The molecule has 25 heavy (non-hydrogen) atoms. The average Bonchev–Trinajstić information content (AvgIpc) is 3.16. The molecule has 1 saturated heterocycles. The van der Waals surface area contributed by atoms with E-state index in [0.29, 0.717) is 10.6 Å². The molecule has 2 aromatic rings. The number of hydrogen-bond acceptors (Lipinski definition) is 4. The van der Waals surface area contributed by atoms with Crippen LogP contribution in [0.4, 0.5) is 0 Å². The number of benzene rings is 2. The van der Waals surface area contributed by atoms with E-state index in [-0.39, 0.29) is 12.4 Å². The third kappa shape index (κ3) is 4.47. The summed E-state index contributed by atoms with van der Waals surface area (Å²) in [6.07, 6.45) is 1.97. The van der Waals surface area contributed by atoms with Gasteiger partial charge in [-0.2, -0.15) is 0 Å². The molecule has 0 saturated carbocycles. The van der Waals surface area contributed by atoms with Crippen molar-refractivity contribution in [1.29, 1.82) is 0 Å². The van der Waals surface area contributed by atoms with E-state index in [1.807, 2.05) is 35.2 Å². The Morgan fingerprint density at radius 3 is 2.28 bits per heavy atom. The quantitative estimate of drug-likeness (QED) is 0.449. The van der Waals surface area contributed by atoms with Gasteiger partial charge in [0.05, 0.1) is 0 Å². The molecule has 1 aliphatic heterocycles. The number of carbonyl (C=O) groups is 2. The number of hydrogen-bond donors (Lipinski definition) is 0. The summed E-state index contributed by atoms with van der Waals surface area (Å²) in [6.45, 7) is 1.62. The lowest BCUT2D eigenvalue weighted by molar-refractivity contribution is -0.149. The maximum atomic E-state index is 12.9. The number of esters is 1. The van der Waals surface area contributed by atoms with Gasteiger partial charge in [-0.1, -0.05) is 41.9 Å². The molecule has 1 aliphatic rings. The van der Waals surface area contributed by atoms with Crippen LogP contribution in [0.2, 0.25) is 5.02 Å². The fraction of sp³-hybridized carbons (Fsp3) is 0.300. The predicted molar refractivity (Wildman–Crippen MR) is 96.6 cm³/mol. The molecule has 0 radical (unpaired) electrons. The van der Waals surface area contributed by atoms with Gasteiger partial charge in [0.25, 0.3) is 0 Å². The Bertz CT molecular complexity index is 724. The van der Waals surface area contributed by atoms with E-state index in [1.54, 1.807) is 24.3 Å². The lowest BCUT2D eigenvalue weighted by Gasteiger charge is -2.24. The SMILES string of the molecule is O=C(OCc1ccccc1)C(C(=O)c1ccc(Cl)cc1)N1CCCC1. The summed E-state index contributed by atoms with van der Waals surface area (Å²) in [4.78, 5) is 27.5. The highest BCUT2D eigenvalue weighted by Crippen LogP contribution is 2.19. The number of nitrogens with zero attached hydrogens (tertiary/aromatic N) is 1. The van der Waals surface area contributed by atoms with Crippen molar-refractivity contribution in [3.63, 3.8) is 0 Å². The Hall–Kier alpha value is -2.17. The number of halogens is 1. The summed E-state index contributed by atoms with van der Waals surface area (Å²) in [6, 6.07) is 15.2. The first kappa shape index (κ1) is 17.6. The molecule has 4 nitrogen and oxygen atoms in total. The molecule has 0 aliphatic carbocycles. The van der Waals surface area contributed by atoms with E-state index >= 15 is 0 Å². The van der Waals surface area contributed by atoms with Gasteiger partial charge in [0.15, 0.2) is 11.8 Å². The van der Waals surface area contributed by atoms with Crippen LogP contribution in [0, 0.1) is 0 Å². The summed E-state index contributed by atoms with van der Waals surface area (Å²) < 4.78 is 5.44. The Balaban J connectivity index is 1.75. The number of carbonyl (C=O) groups excluding carboxylic acids is 2. The fourth-order valence-electron chi connectivity index (χ4n) is 3.00. The molecule has 0 spiro atoms. The first-order valence-corrected chi connectivity index (χ1v) is 8.77. The molecular weight excluding hydrogens is 338 g/mol. The number of likely N-dealkylation sites (tertiary alicyclic amines) is 1. The normalized spacial score (nSPS) is 15.7. The molecule has 130 valence electrons. The van der Waals surface area contributed by atoms with Crippen molar-refractivity contribution in [3.8, 4) is 0 Å². The van der Waals surface area contributed by atoms with Crippen molar-refractivity contribution in [3.05, 3.63) is 70.7 Å². The van der Waals surface area contributed by atoms with Gasteiger partial charge in [-0.25, -0.2) is 4.79 Å². The minimum absolute atomic E-state index is 0.165. The van der Waals surface area contributed by atoms with Gasteiger partial charge >= 0.3 is 5.97 Å². The van der Waals surface area contributed by atoms with E-state index < -0.39 is 12.0 Å². The average molecular weight is 358 g/mol. The highest BCUT2D eigenvalue weighted by Gasteiger charge is 2.36. The second kappa shape index (κ2) is 8.28. The molecular formula is C20H20ClNO3. The molecule has 1 fully saturated rings. The first-order valence-electron chi connectivity index (χ1n) is 8.39. The molecule has 3 rings (SSSR count). The van der Waals surface area contributed by atoms with E-state index in [1.165, 1.54) is 0 Å². The summed E-state index contributed by atoms with van der Waals surface area (Å²) >= 11 is 5.89. The van der Waals surface area contributed by atoms with Crippen molar-refractivity contribution in [2.45, 2.75) is 25.5 Å². The van der Waals surface area contributed by atoms with Crippen molar-refractivity contribution >= 4 is 23.4 Å². The van der Waals surface area contributed by atoms with Gasteiger partial charge in [-0.15, -0.1) is 0 Å². The van der Waals surface area contributed by atoms with E-state index in [0.717, 1.165) is 31.5 Å². The highest BCUT2D eigenvalue weighted by atomic mass is 35.5. The lowest BCUT2D eigenvalue weighted by atomic mass is 10.0. The van der Waals surface area contributed by atoms with Crippen LogP contribution in [0.15, 0.2) is 54.6 Å². The summed E-state index contributed by atoms with van der Waals surface area (Å²) in [7, 11) is 0. The summed E-state index contributed by atoms with van der Waals surface area (Å²) in [5.74, 6) is -0.734. The van der Waals surface area contributed by atoms with Gasteiger partial charge in [-0.3, -0.25) is 9.69 Å². The maximum absolute atomic E-state index is 12.9. The minimum atomic E-state index is -0.896. The van der Waals surface area contributed by atoms with Crippen LogP contribution in [-0.4, -0.2) is 35.8 Å². The fourth-order valence-corrected chi connectivity index (χ4v) is 3.13. The molecule has 2 aromatic carbocycles. The predicted octanol–water partition coefficient (Wildman–Crippen LogP) is 3.73. The largest absolute Gasteiger partial charge is 0.459 e. The topological polar surface area (TPSA) is 46.6 Å². The Morgan fingerprint density at radius 1 is 1.00 bits per heavy atom. The van der Waals surface area contributed by atoms with E-state index in [4.69, 9.17) is 16.3 Å². The molecule has 0 bridgehead atoms. The van der Waals surface area contributed by atoms with Crippen LogP contribution in [0.5, 0.6) is 0 Å². The highest BCUT2D eigenvalue weighted by molar-refractivity contribution is 6.30. The molecule has 0 aromatic heterocycles. The molecule has 5 heteroatoms. The third-order valence-electron chi connectivity index (χ3n) is 4.33. The molecule has 0 amide bonds. The standard InChI is InChI=1S/C20H20ClNO3/c21-17-10-8-16(9-11-17)19(23)18(22-12-4-5-13-22)20(24)25-14-15-6-2-1-3-7-15/h1-3,6-11,18H,4-5,12-14H2. The minimum Gasteiger partial charge on any atom is -0.459 e. The van der Waals surface area contributed by atoms with Gasteiger partial charge in [-0.05, 0) is 55.8 Å². The number of ketones is 1. The number of Topliss-reactive ketones (excluding diaryl/α,β-unsaturated/α-hetero) is 1. The Labute approximate surface area is 152 Å². The van der Waals surface area contributed by atoms with Crippen LogP contribution in [0.3, 0.4) is 0 Å². The Kier molecular flexibility index (Phi) is 5.84. The van der Waals surface area contributed by atoms with Gasteiger partial charge < -0.3 is 4.74 Å². The summed E-state index contributed by atoms with van der Waals surface area (Å²) in [5.41, 5.74) is 1.37. The number of ether oxygens (including phenoxy) is 1. The van der Waals surface area contributed by atoms with Crippen LogP contribution >= 0.6 is 11.6 Å². The number of rotatable bonds is 6. The first-order chi connectivity index (χ1) is 12.1. The van der Waals surface area contributed by atoms with Crippen molar-refractivity contribution < 1.29 is 14.3 Å². The van der Waals surface area contributed by atoms with Gasteiger partial charge in [0.1, 0.15) is 6.61 Å². The Morgan fingerprint density at radius 2 is 1.64 bits per heavy atom. The molecule has 1 atom stereocenters. The van der Waals surface area contributed by atoms with Crippen LogP contribution in [-0.2, 0) is 16.1 Å². The second-order valence-electron chi connectivity index (χ2n) is 6.11. The van der Waals surface area contributed by atoms with E-state index in [9.17, 15) is 9.59 Å². The van der Waals surface area contributed by atoms with Crippen molar-refractivity contribution in [2.24, 2.45) is 0 Å².